The molecular formula is C10H15NO2. The highest BCUT2D eigenvalue weighted by molar-refractivity contribution is 5.75. The summed E-state index contributed by atoms with van der Waals surface area (Å²) in [6.07, 6.45) is 5.02. The minimum absolute atomic E-state index is 0.178. The van der Waals surface area contributed by atoms with Crippen molar-refractivity contribution >= 4 is 12.2 Å². The molecule has 0 aromatic rings. The van der Waals surface area contributed by atoms with Crippen LogP contribution in [0.4, 0.5) is 0 Å². The van der Waals surface area contributed by atoms with Gasteiger partial charge in [0.2, 0.25) is 5.91 Å². The lowest BCUT2D eigenvalue weighted by Gasteiger charge is -2.36. The van der Waals surface area contributed by atoms with E-state index >= 15 is 0 Å². The maximum Gasteiger partial charge on any atom is 0.219 e. The van der Waals surface area contributed by atoms with Gasteiger partial charge in [-0.05, 0) is 25.7 Å². The Hall–Kier alpha value is -0.860. The lowest BCUT2D eigenvalue weighted by Crippen LogP contribution is -2.45. The standard InChI is InChI=1S/C10H15NO2/c1-7(13)11-9-2-3-10(11)5-8(4-9)6-12/h6,8-10H,2-5H2,1H3. The van der Waals surface area contributed by atoms with Crippen LogP contribution in [0.2, 0.25) is 0 Å². The number of aldehydes is 1. The smallest absolute Gasteiger partial charge is 0.219 e. The fourth-order valence-electron chi connectivity index (χ4n) is 2.84. The SMILES string of the molecule is CC(=O)N1C2CCC1CC(C=O)C2. The van der Waals surface area contributed by atoms with Crippen molar-refractivity contribution in [2.75, 3.05) is 0 Å². The Bertz CT molecular complexity index is 225. The third-order valence-corrected chi connectivity index (χ3v) is 3.33. The number of nitrogens with zero attached hydrogens (tertiary/aromatic N) is 1. The van der Waals surface area contributed by atoms with E-state index in [1.807, 2.05) is 4.90 Å². The number of fused-ring (bicyclic) bond motifs is 2. The van der Waals surface area contributed by atoms with E-state index in [2.05, 4.69) is 0 Å². The Morgan fingerprint density at radius 2 is 1.85 bits per heavy atom. The van der Waals surface area contributed by atoms with Crippen LogP contribution in [-0.2, 0) is 9.59 Å². The van der Waals surface area contributed by atoms with Crippen molar-refractivity contribution in [1.82, 2.24) is 4.90 Å². The van der Waals surface area contributed by atoms with Gasteiger partial charge in [-0.2, -0.15) is 0 Å². The van der Waals surface area contributed by atoms with Crippen molar-refractivity contribution in [2.24, 2.45) is 5.92 Å². The monoisotopic (exact) mass is 181 g/mol. The summed E-state index contributed by atoms with van der Waals surface area (Å²) in [5.74, 6) is 0.380. The molecule has 13 heavy (non-hydrogen) atoms. The molecule has 0 saturated carbocycles. The second-order valence-electron chi connectivity index (χ2n) is 4.18. The molecule has 2 heterocycles. The molecule has 2 fully saturated rings. The van der Waals surface area contributed by atoms with E-state index in [1.54, 1.807) is 6.92 Å². The van der Waals surface area contributed by atoms with Crippen LogP contribution in [0, 0.1) is 5.92 Å². The third-order valence-electron chi connectivity index (χ3n) is 3.33. The van der Waals surface area contributed by atoms with Crippen molar-refractivity contribution in [3.63, 3.8) is 0 Å². The number of hydrogen-bond donors (Lipinski definition) is 0. The third kappa shape index (κ3) is 1.36. The Morgan fingerprint density at radius 1 is 1.31 bits per heavy atom. The van der Waals surface area contributed by atoms with Crippen LogP contribution in [0.15, 0.2) is 0 Å². The number of carbonyl (C=O) groups excluding carboxylic acids is 2. The lowest BCUT2D eigenvalue weighted by molar-refractivity contribution is -0.135. The highest BCUT2D eigenvalue weighted by Gasteiger charge is 2.41. The van der Waals surface area contributed by atoms with E-state index in [1.165, 1.54) is 0 Å². The van der Waals surface area contributed by atoms with Crippen LogP contribution in [0.1, 0.15) is 32.6 Å². The first-order valence-corrected chi connectivity index (χ1v) is 4.96. The topological polar surface area (TPSA) is 37.4 Å². The molecule has 3 nitrogen and oxygen atoms in total. The first kappa shape index (κ1) is 8.73. The molecule has 2 atom stereocenters. The van der Waals surface area contributed by atoms with E-state index in [4.69, 9.17) is 0 Å². The Morgan fingerprint density at radius 3 is 2.23 bits per heavy atom. The molecule has 2 rings (SSSR count). The van der Waals surface area contributed by atoms with Crippen molar-refractivity contribution < 1.29 is 9.59 Å². The second kappa shape index (κ2) is 3.13. The minimum atomic E-state index is 0.178. The van der Waals surface area contributed by atoms with Gasteiger partial charge in [-0.15, -0.1) is 0 Å². The molecule has 2 saturated heterocycles. The van der Waals surface area contributed by atoms with Gasteiger partial charge in [-0.1, -0.05) is 0 Å². The maximum absolute atomic E-state index is 11.3. The maximum atomic E-state index is 11.3. The summed E-state index contributed by atoms with van der Waals surface area (Å²) < 4.78 is 0. The molecule has 2 unspecified atom stereocenters. The molecule has 0 spiro atoms. The van der Waals surface area contributed by atoms with E-state index in [9.17, 15) is 9.59 Å². The fraction of sp³-hybridized carbons (Fsp3) is 0.800. The van der Waals surface area contributed by atoms with Crippen molar-refractivity contribution in [3.8, 4) is 0 Å². The molecule has 1 amide bonds. The van der Waals surface area contributed by atoms with Gasteiger partial charge in [0, 0.05) is 24.9 Å². The van der Waals surface area contributed by atoms with Crippen molar-refractivity contribution in [1.29, 1.82) is 0 Å². The molecule has 2 aliphatic rings. The molecular weight excluding hydrogens is 166 g/mol. The van der Waals surface area contributed by atoms with E-state index in [-0.39, 0.29) is 11.8 Å². The van der Waals surface area contributed by atoms with Crippen LogP contribution >= 0.6 is 0 Å². The van der Waals surface area contributed by atoms with E-state index in [0.717, 1.165) is 32.0 Å². The van der Waals surface area contributed by atoms with Crippen LogP contribution < -0.4 is 0 Å². The number of hydrogen-bond acceptors (Lipinski definition) is 2. The first-order valence-electron chi connectivity index (χ1n) is 4.96. The molecule has 0 aromatic carbocycles. The van der Waals surface area contributed by atoms with Crippen LogP contribution in [0.25, 0.3) is 0 Å². The highest BCUT2D eigenvalue weighted by atomic mass is 16.2. The molecule has 0 radical (unpaired) electrons. The summed E-state index contributed by atoms with van der Waals surface area (Å²) in [7, 11) is 0. The van der Waals surface area contributed by atoms with Crippen molar-refractivity contribution in [3.05, 3.63) is 0 Å². The summed E-state index contributed by atoms with van der Waals surface area (Å²) in [6.45, 7) is 1.63. The minimum Gasteiger partial charge on any atom is -0.337 e. The number of amides is 1. The van der Waals surface area contributed by atoms with Gasteiger partial charge >= 0.3 is 0 Å². The molecule has 72 valence electrons. The summed E-state index contributed by atoms with van der Waals surface area (Å²) in [5.41, 5.74) is 0. The highest BCUT2D eigenvalue weighted by Crippen LogP contribution is 2.37. The quantitative estimate of drug-likeness (QED) is 0.565. The predicted octanol–water partition coefficient (Wildman–Crippen LogP) is 0.975. The molecule has 2 aliphatic heterocycles. The zero-order chi connectivity index (χ0) is 9.42. The molecule has 2 bridgehead atoms. The van der Waals surface area contributed by atoms with Gasteiger partial charge in [0.15, 0.2) is 0 Å². The lowest BCUT2D eigenvalue weighted by atomic mass is 9.92. The van der Waals surface area contributed by atoms with E-state index in [0.29, 0.717) is 12.1 Å². The van der Waals surface area contributed by atoms with Gasteiger partial charge < -0.3 is 9.69 Å². The van der Waals surface area contributed by atoms with E-state index < -0.39 is 0 Å². The van der Waals surface area contributed by atoms with Crippen LogP contribution in [-0.4, -0.2) is 29.2 Å². The number of rotatable bonds is 1. The molecule has 0 aliphatic carbocycles. The summed E-state index contributed by atoms with van der Waals surface area (Å²) >= 11 is 0. The van der Waals surface area contributed by atoms with Crippen LogP contribution in [0.3, 0.4) is 0 Å². The van der Waals surface area contributed by atoms with Crippen molar-refractivity contribution in [2.45, 2.75) is 44.7 Å². The Balaban J connectivity index is 2.12. The predicted molar refractivity (Wildman–Crippen MR) is 48.1 cm³/mol. The van der Waals surface area contributed by atoms with Gasteiger partial charge in [0.1, 0.15) is 6.29 Å². The zero-order valence-electron chi connectivity index (χ0n) is 7.90. The normalized spacial score (nSPS) is 37.6. The Labute approximate surface area is 78.1 Å². The van der Waals surface area contributed by atoms with Gasteiger partial charge in [0.05, 0.1) is 0 Å². The second-order valence-corrected chi connectivity index (χ2v) is 4.18. The first-order chi connectivity index (χ1) is 6.22. The fourth-order valence-corrected chi connectivity index (χ4v) is 2.84. The number of carbonyl (C=O) groups is 2. The van der Waals surface area contributed by atoms with Crippen LogP contribution in [0.5, 0.6) is 0 Å². The van der Waals surface area contributed by atoms with Gasteiger partial charge in [-0.25, -0.2) is 0 Å². The molecule has 0 N–H and O–H groups in total. The number of piperidine rings is 1. The molecule has 0 aromatic heterocycles. The van der Waals surface area contributed by atoms with Gasteiger partial charge in [0.25, 0.3) is 0 Å². The average molecular weight is 181 g/mol. The zero-order valence-corrected chi connectivity index (χ0v) is 7.90. The molecule has 3 heteroatoms. The Kier molecular flexibility index (Phi) is 2.10. The summed E-state index contributed by atoms with van der Waals surface area (Å²) in [6, 6.07) is 0.706. The summed E-state index contributed by atoms with van der Waals surface area (Å²) in [5, 5.41) is 0. The largest absolute Gasteiger partial charge is 0.337 e. The average Bonchev–Trinajstić information content (AvgIpc) is 2.37. The van der Waals surface area contributed by atoms with Gasteiger partial charge in [-0.3, -0.25) is 4.79 Å². The summed E-state index contributed by atoms with van der Waals surface area (Å²) in [4.78, 5) is 23.9.